The zero-order valence-corrected chi connectivity index (χ0v) is 16.1. The van der Waals surface area contributed by atoms with Gasteiger partial charge in [0.15, 0.2) is 5.17 Å². The quantitative estimate of drug-likeness (QED) is 0.726. The van der Waals surface area contributed by atoms with E-state index in [0.717, 1.165) is 11.3 Å². The molecule has 0 N–H and O–H groups in total. The number of morpholine rings is 1. The van der Waals surface area contributed by atoms with Crippen LogP contribution in [0.3, 0.4) is 0 Å². The van der Waals surface area contributed by atoms with Crippen LogP contribution < -0.4 is 0 Å². The van der Waals surface area contributed by atoms with Gasteiger partial charge in [-0.05, 0) is 47.7 Å². The number of para-hydroxylation sites is 1. The summed E-state index contributed by atoms with van der Waals surface area (Å²) in [4.78, 5) is 18.5. The molecule has 2 fully saturated rings. The average Bonchev–Trinajstić information content (AvgIpc) is 3.00. The van der Waals surface area contributed by atoms with Crippen LogP contribution in [-0.4, -0.2) is 47.4 Å². The second kappa shape index (κ2) is 8.27. The number of aliphatic imine (C=N–C) groups is 1. The molecule has 0 atom stereocenters. The van der Waals surface area contributed by atoms with Crippen LogP contribution in [0.2, 0.25) is 5.02 Å². The van der Waals surface area contributed by atoms with Crippen LogP contribution in [0.5, 0.6) is 0 Å². The van der Waals surface area contributed by atoms with Gasteiger partial charge in [0.25, 0.3) is 5.91 Å². The molecule has 0 radical (unpaired) electrons. The lowest BCUT2D eigenvalue weighted by atomic mass is 10.2. The van der Waals surface area contributed by atoms with Crippen LogP contribution in [0.15, 0.2) is 64.5 Å². The normalized spacial score (nSPS) is 21.4. The molecule has 2 aliphatic heterocycles. The summed E-state index contributed by atoms with van der Waals surface area (Å²) in [6.07, 6.45) is 1.88. The zero-order chi connectivity index (χ0) is 18.6. The summed E-state index contributed by atoms with van der Waals surface area (Å²) in [5.74, 6) is -0.0634. The molecule has 0 bridgehead atoms. The maximum atomic E-state index is 13.1. The van der Waals surface area contributed by atoms with Crippen molar-refractivity contribution in [3.8, 4) is 0 Å². The Morgan fingerprint density at radius 3 is 2.44 bits per heavy atom. The third-order valence-electron chi connectivity index (χ3n) is 4.20. The van der Waals surface area contributed by atoms with Crippen molar-refractivity contribution in [3.05, 3.63) is 70.1 Å². The molecule has 5 nitrogen and oxygen atoms in total. The van der Waals surface area contributed by atoms with Crippen LogP contribution in [0.1, 0.15) is 5.56 Å². The predicted octanol–water partition coefficient (Wildman–Crippen LogP) is 4.19. The molecule has 0 saturated carbocycles. The first-order chi connectivity index (χ1) is 13.2. The number of rotatable bonds is 3. The molecule has 1 amide bonds. The van der Waals surface area contributed by atoms with Crippen molar-refractivity contribution in [2.75, 3.05) is 26.3 Å². The number of carbonyl (C=O) groups excluding carboxylic acids is 1. The lowest BCUT2D eigenvalue weighted by Gasteiger charge is -2.33. The lowest BCUT2D eigenvalue weighted by Crippen LogP contribution is -2.51. The van der Waals surface area contributed by atoms with Crippen molar-refractivity contribution < 1.29 is 9.53 Å². The topological polar surface area (TPSA) is 45.1 Å². The highest BCUT2D eigenvalue weighted by Gasteiger charge is 2.38. The Kier molecular flexibility index (Phi) is 5.59. The smallest absolute Gasteiger partial charge is 0.281 e. The molecule has 2 saturated heterocycles. The number of carbonyl (C=O) groups is 1. The number of benzene rings is 2. The van der Waals surface area contributed by atoms with Crippen molar-refractivity contribution in [2.24, 2.45) is 4.99 Å². The van der Waals surface area contributed by atoms with Gasteiger partial charge in [0.05, 0.1) is 23.8 Å². The van der Waals surface area contributed by atoms with Gasteiger partial charge in [0.1, 0.15) is 0 Å². The van der Waals surface area contributed by atoms with Gasteiger partial charge in [-0.3, -0.25) is 4.79 Å². The number of thioether (sulfide) groups is 1. The first kappa shape index (κ1) is 18.3. The minimum absolute atomic E-state index is 0.0634. The Morgan fingerprint density at radius 2 is 1.74 bits per heavy atom. The van der Waals surface area contributed by atoms with Crippen molar-refractivity contribution in [1.29, 1.82) is 0 Å². The van der Waals surface area contributed by atoms with E-state index < -0.39 is 0 Å². The maximum Gasteiger partial charge on any atom is 0.281 e. The van der Waals surface area contributed by atoms with E-state index in [4.69, 9.17) is 21.3 Å². The fourth-order valence-corrected chi connectivity index (χ4v) is 3.99. The van der Waals surface area contributed by atoms with Crippen molar-refractivity contribution in [1.82, 2.24) is 10.0 Å². The van der Waals surface area contributed by atoms with Crippen molar-refractivity contribution in [2.45, 2.75) is 0 Å². The Labute approximate surface area is 167 Å². The van der Waals surface area contributed by atoms with Gasteiger partial charge in [-0.15, -0.1) is 0 Å². The first-order valence-electron chi connectivity index (χ1n) is 8.66. The highest BCUT2D eigenvalue weighted by atomic mass is 35.5. The van der Waals surface area contributed by atoms with Gasteiger partial charge in [-0.2, -0.15) is 0 Å². The Morgan fingerprint density at radius 1 is 1.04 bits per heavy atom. The average molecular weight is 400 g/mol. The monoisotopic (exact) mass is 399 g/mol. The fourth-order valence-electron chi connectivity index (χ4n) is 2.86. The summed E-state index contributed by atoms with van der Waals surface area (Å²) in [6.45, 7) is 2.52. The zero-order valence-electron chi connectivity index (χ0n) is 14.5. The Balaban J connectivity index is 1.68. The van der Waals surface area contributed by atoms with Crippen LogP contribution in [0.25, 0.3) is 6.08 Å². The van der Waals surface area contributed by atoms with Gasteiger partial charge in [0, 0.05) is 18.1 Å². The number of hydrogen-bond acceptors (Lipinski definition) is 5. The summed E-state index contributed by atoms with van der Waals surface area (Å²) in [5, 5.41) is 5.02. The van der Waals surface area contributed by atoms with Crippen LogP contribution in [0.4, 0.5) is 5.69 Å². The summed E-state index contributed by atoms with van der Waals surface area (Å²) >= 11 is 7.34. The second-order valence-corrected chi connectivity index (χ2v) is 7.52. The third-order valence-corrected chi connectivity index (χ3v) is 5.42. The molecule has 0 spiro atoms. The Bertz CT molecular complexity index is 878. The molecular formula is C20H18ClN3O2S. The van der Waals surface area contributed by atoms with Gasteiger partial charge >= 0.3 is 0 Å². The van der Waals surface area contributed by atoms with Crippen LogP contribution in [0, 0.1) is 0 Å². The molecule has 0 aliphatic carbocycles. The number of nitrogens with zero attached hydrogens (tertiary/aromatic N) is 3. The highest BCUT2D eigenvalue weighted by Crippen LogP contribution is 2.35. The summed E-state index contributed by atoms with van der Waals surface area (Å²) < 4.78 is 5.43. The van der Waals surface area contributed by atoms with Gasteiger partial charge < -0.3 is 4.74 Å². The largest absolute Gasteiger partial charge is 0.379 e. The molecule has 2 aliphatic rings. The first-order valence-corrected chi connectivity index (χ1v) is 9.86. The molecule has 7 heteroatoms. The molecule has 0 aromatic heterocycles. The van der Waals surface area contributed by atoms with E-state index in [1.165, 1.54) is 11.8 Å². The number of amides is 1. The minimum atomic E-state index is -0.0634. The standard InChI is InChI=1S/C20H18ClN3O2S/c21-16-8-6-15(7-9-16)14-18-19(25)24(23-10-12-26-13-11-23)20(27-18)22-17-4-2-1-3-5-17/h1-9,14H,10-13H2/b18-14+,22-20?. The molecule has 2 aromatic carbocycles. The summed E-state index contributed by atoms with van der Waals surface area (Å²) in [6, 6.07) is 17.1. The number of halogens is 1. The summed E-state index contributed by atoms with van der Waals surface area (Å²) in [5.41, 5.74) is 1.75. The van der Waals surface area contributed by atoms with E-state index in [1.807, 2.05) is 65.7 Å². The molecule has 0 unspecified atom stereocenters. The third kappa shape index (κ3) is 4.25. The SMILES string of the molecule is O=C1/C(=C\c2ccc(Cl)cc2)SC(=Nc2ccccc2)N1N1CCOCC1. The van der Waals surface area contributed by atoms with Gasteiger partial charge in [-0.1, -0.05) is 41.9 Å². The second-order valence-electron chi connectivity index (χ2n) is 6.08. The molecule has 27 heavy (non-hydrogen) atoms. The maximum absolute atomic E-state index is 13.1. The fraction of sp³-hybridized carbons (Fsp3) is 0.200. The Hall–Kier alpha value is -2.12. The molecular weight excluding hydrogens is 382 g/mol. The van der Waals surface area contributed by atoms with E-state index in [1.54, 1.807) is 5.01 Å². The molecule has 2 heterocycles. The van der Waals surface area contributed by atoms with E-state index in [2.05, 4.69) is 0 Å². The van der Waals surface area contributed by atoms with Crippen LogP contribution in [-0.2, 0) is 9.53 Å². The van der Waals surface area contributed by atoms with E-state index >= 15 is 0 Å². The van der Waals surface area contributed by atoms with E-state index in [0.29, 0.717) is 41.4 Å². The van der Waals surface area contributed by atoms with Crippen molar-refractivity contribution >= 4 is 46.2 Å². The number of ether oxygens (including phenoxy) is 1. The van der Waals surface area contributed by atoms with E-state index in [-0.39, 0.29) is 5.91 Å². The number of amidine groups is 1. The molecule has 2 aromatic rings. The number of hydrogen-bond donors (Lipinski definition) is 0. The van der Waals surface area contributed by atoms with Gasteiger partial charge in [-0.25, -0.2) is 15.0 Å². The summed E-state index contributed by atoms with van der Waals surface area (Å²) in [7, 11) is 0. The highest BCUT2D eigenvalue weighted by molar-refractivity contribution is 8.18. The van der Waals surface area contributed by atoms with Crippen LogP contribution >= 0.6 is 23.4 Å². The molecule has 138 valence electrons. The molecule has 4 rings (SSSR count). The van der Waals surface area contributed by atoms with E-state index in [9.17, 15) is 4.79 Å². The predicted molar refractivity (Wildman–Crippen MR) is 110 cm³/mol. The lowest BCUT2D eigenvalue weighted by molar-refractivity contribution is -0.138. The number of hydrazine groups is 1. The van der Waals surface area contributed by atoms with Gasteiger partial charge in [0.2, 0.25) is 0 Å². The van der Waals surface area contributed by atoms with Crippen molar-refractivity contribution in [3.63, 3.8) is 0 Å². The minimum Gasteiger partial charge on any atom is -0.379 e.